The monoisotopic (exact) mass is 430 g/mol. The van der Waals surface area contributed by atoms with Gasteiger partial charge in [0.25, 0.3) is 0 Å². The van der Waals surface area contributed by atoms with E-state index >= 15 is 0 Å². The number of nitrogens with two attached hydrogens (primary N) is 1. The van der Waals surface area contributed by atoms with Crippen molar-refractivity contribution in [1.29, 1.82) is 0 Å². The molecule has 1 heterocycles. The molecule has 3 rings (SSSR count). The fraction of sp³-hybridized carbons (Fsp3) is 0.118. The van der Waals surface area contributed by atoms with Crippen molar-refractivity contribution >= 4 is 27.3 Å². The van der Waals surface area contributed by atoms with Gasteiger partial charge in [-0.1, -0.05) is 29.8 Å². The first-order valence-electron chi connectivity index (χ1n) is 7.79. The number of hydrogen-bond acceptors (Lipinski definition) is 4. The number of sulfonamides is 1. The van der Waals surface area contributed by atoms with Crippen LogP contribution in [0.1, 0.15) is 5.69 Å². The Labute approximate surface area is 163 Å². The molecule has 0 saturated heterocycles. The lowest BCUT2D eigenvalue weighted by Crippen LogP contribution is -2.16. The van der Waals surface area contributed by atoms with Crippen LogP contribution in [0, 0.1) is 0 Å². The largest absolute Gasteiger partial charge is 0.435 e. The van der Waals surface area contributed by atoms with Crippen molar-refractivity contribution in [2.75, 3.05) is 12.4 Å². The zero-order valence-electron chi connectivity index (χ0n) is 14.3. The molecule has 28 heavy (non-hydrogen) atoms. The quantitative estimate of drug-likeness (QED) is 0.656. The molecular formula is C17H14ClF3N4O2S. The molecule has 0 aliphatic carbocycles. The van der Waals surface area contributed by atoms with Crippen molar-refractivity contribution in [2.24, 2.45) is 5.14 Å². The lowest BCUT2D eigenvalue weighted by molar-refractivity contribution is -0.141. The van der Waals surface area contributed by atoms with E-state index in [-0.39, 0.29) is 16.3 Å². The zero-order chi connectivity index (χ0) is 20.7. The van der Waals surface area contributed by atoms with Crippen molar-refractivity contribution in [3.63, 3.8) is 0 Å². The molecule has 1 aromatic heterocycles. The van der Waals surface area contributed by atoms with E-state index < -0.39 is 21.9 Å². The number of primary sulfonamides is 1. The predicted molar refractivity (Wildman–Crippen MR) is 99.9 cm³/mol. The van der Waals surface area contributed by atoms with Gasteiger partial charge in [0.15, 0.2) is 5.69 Å². The maximum absolute atomic E-state index is 13.3. The van der Waals surface area contributed by atoms with Crippen LogP contribution < -0.4 is 10.5 Å². The van der Waals surface area contributed by atoms with Crippen LogP contribution in [0.25, 0.3) is 16.9 Å². The van der Waals surface area contributed by atoms with Crippen LogP contribution in [0.2, 0.25) is 5.02 Å². The van der Waals surface area contributed by atoms with E-state index in [0.717, 1.165) is 10.7 Å². The molecule has 3 N–H and O–H groups in total. The maximum Gasteiger partial charge on any atom is 0.435 e. The number of nitrogens with zero attached hydrogens (tertiary/aromatic N) is 2. The molecule has 0 atom stereocenters. The Morgan fingerprint density at radius 2 is 1.82 bits per heavy atom. The van der Waals surface area contributed by atoms with Crippen molar-refractivity contribution < 1.29 is 21.6 Å². The SMILES string of the molecule is CNc1cc(-c2cc(C(F)(F)F)nn2-c2ccccc2S(N)(=O)=O)ccc1Cl. The third-order valence-corrected chi connectivity index (χ3v) is 5.22. The molecule has 2 aromatic carbocycles. The standard InChI is InChI=1S/C17H14ClF3N4O2S/c1-23-12-8-10(6-7-11(12)18)14-9-16(17(19,20)21)24-25(14)13-4-2-3-5-15(13)28(22,26)27/h2-9,23H,1H3,(H2,22,26,27). The van der Waals surface area contributed by atoms with E-state index in [9.17, 15) is 21.6 Å². The molecule has 0 aliphatic heterocycles. The molecule has 3 aromatic rings. The minimum atomic E-state index is -4.73. The highest BCUT2D eigenvalue weighted by Gasteiger charge is 2.36. The summed E-state index contributed by atoms with van der Waals surface area (Å²) in [4.78, 5) is -0.351. The number of aromatic nitrogens is 2. The van der Waals surface area contributed by atoms with E-state index in [2.05, 4.69) is 10.4 Å². The Morgan fingerprint density at radius 1 is 1.14 bits per heavy atom. The number of para-hydroxylation sites is 1. The first kappa shape index (κ1) is 20.2. The molecule has 11 heteroatoms. The molecule has 0 spiro atoms. The minimum Gasteiger partial charge on any atom is -0.387 e. The van der Waals surface area contributed by atoms with Gasteiger partial charge in [0, 0.05) is 12.6 Å². The Morgan fingerprint density at radius 3 is 2.43 bits per heavy atom. The number of nitrogens with one attached hydrogen (secondary N) is 1. The second-order valence-electron chi connectivity index (χ2n) is 5.78. The normalized spacial score (nSPS) is 12.2. The van der Waals surface area contributed by atoms with Crippen molar-refractivity contribution in [3.05, 3.63) is 59.2 Å². The Hall–Kier alpha value is -2.56. The topological polar surface area (TPSA) is 90.0 Å². The number of rotatable bonds is 4. The molecule has 0 amide bonds. The van der Waals surface area contributed by atoms with Gasteiger partial charge < -0.3 is 5.32 Å². The summed E-state index contributed by atoms with van der Waals surface area (Å²) in [6.45, 7) is 0. The van der Waals surface area contributed by atoms with Crippen molar-refractivity contribution in [3.8, 4) is 16.9 Å². The van der Waals surface area contributed by atoms with Gasteiger partial charge in [-0.25, -0.2) is 18.2 Å². The number of alkyl halides is 3. The van der Waals surface area contributed by atoms with Crippen LogP contribution in [0.15, 0.2) is 53.4 Å². The first-order chi connectivity index (χ1) is 13.0. The van der Waals surface area contributed by atoms with Gasteiger partial charge in [-0.05, 0) is 30.3 Å². The van der Waals surface area contributed by atoms with Gasteiger partial charge in [0.05, 0.1) is 22.1 Å². The summed E-state index contributed by atoms with van der Waals surface area (Å²) in [6, 6.07) is 10.8. The third-order valence-electron chi connectivity index (χ3n) is 3.93. The van der Waals surface area contributed by atoms with Crippen LogP contribution in [0.5, 0.6) is 0 Å². The summed E-state index contributed by atoms with van der Waals surface area (Å²) in [5.41, 5.74) is -0.415. The number of hydrogen-bond donors (Lipinski definition) is 2. The molecule has 6 nitrogen and oxygen atoms in total. The average Bonchev–Trinajstić information content (AvgIpc) is 3.07. The number of anilines is 1. The van der Waals surface area contributed by atoms with Crippen LogP contribution in [0.3, 0.4) is 0 Å². The fourth-order valence-electron chi connectivity index (χ4n) is 2.66. The molecule has 0 aliphatic rings. The van der Waals surface area contributed by atoms with Crippen LogP contribution in [-0.2, 0) is 16.2 Å². The third kappa shape index (κ3) is 3.84. The zero-order valence-corrected chi connectivity index (χ0v) is 15.9. The Balaban J connectivity index is 2.33. The Bertz CT molecular complexity index is 1140. The first-order valence-corrected chi connectivity index (χ1v) is 9.72. The van der Waals surface area contributed by atoms with E-state index in [4.69, 9.17) is 16.7 Å². The summed E-state index contributed by atoms with van der Waals surface area (Å²) in [6.07, 6.45) is -4.73. The number of benzene rings is 2. The van der Waals surface area contributed by atoms with Crippen LogP contribution in [0.4, 0.5) is 18.9 Å². The lowest BCUT2D eigenvalue weighted by Gasteiger charge is -2.12. The molecule has 0 bridgehead atoms. The highest BCUT2D eigenvalue weighted by molar-refractivity contribution is 7.89. The summed E-state index contributed by atoms with van der Waals surface area (Å²) >= 11 is 6.04. The van der Waals surface area contributed by atoms with Crippen molar-refractivity contribution in [2.45, 2.75) is 11.1 Å². The van der Waals surface area contributed by atoms with Gasteiger partial charge in [0.1, 0.15) is 4.90 Å². The molecule has 148 valence electrons. The minimum absolute atomic E-state index is 0.0246. The van der Waals surface area contributed by atoms with Crippen molar-refractivity contribution in [1.82, 2.24) is 9.78 Å². The second kappa shape index (κ2) is 7.12. The smallest absolute Gasteiger partial charge is 0.387 e. The van der Waals surface area contributed by atoms with E-state index in [1.807, 2.05) is 0 Å². The predicted octanol–water partition coefficient (Wildman–Crippen LogP) is 3.90. The molecular weight excluding hydrogens is 417 g/mol. The molecule has 0 radical (unpaired) electrons. The summed E-state index contributed by atoms with van der Waals surface area (Å²) in [5, 5.41) is 12.0. The summed E-state index contributed by atoms with van der Waals surface area (Å²) < 4.78 is 64.6. The highest BCUT2D eigenvalue weighted by atomic mass is 35.5. The van der Waals surface area contributed by atoms with Crippen LogP contribution >= 0.6 is 11.6 Å². The van der Waals surface area contributed by atoms with E-state index in [1.165, 1.54) is 42.5 Å². The second-order valence-corrected chi connectivity index (χ2v) is 7.72. The fourth-order valence-corrected chi connectivity index (χ4v) is 3.58. The van der Waals surface area contributed by atoms with E-state index in [0.29, 0.717) is 16.3 Å². The van der Waals surface area contributed by atoms with Gasteiger partial charge in [-0.15, -0.1) is 0 Å². The molecule has 0 fully saturated rings. The van der Waals surface area contributed by atoms with E-state index in [1.54, 1.807) is 7.05 Å². The molecule has 0 saturated carbocycles. The van der Waals surface area contributed by atoms with Gasteiger partial charge in [-0.3, -0.25) is 0 Å². The maximum atomic E-state index is 13.3. The lowest BCUT2D eigenvalue weighted by atomic mass is 10.1. The van der Waals surface area contributed by atoms with Gasteiger partial charge in [-0.2, -0.15) is 18.3 Å². The highest BCUT2D eigenvalue weighted by Crippen LogP contribution is 2.36. The summed E-state index contributed by atoms with van der Waals surface area (Å²) in [7, 11) is -2.59. The van der Waals surface area contributed by atoms with Gasteiger partial charge in [0.2, 0.25) is 10.0 Å². The molecule has 0 unspecified atom stereocenters. The Kier molecular flexibility index (Phi) is 5.13. The number of halogens is 4. The van der Waals surface area contributed by atoms with Gasteiger partial charge >= 0.3 is 6.18 Å². The van der Waals surface area contributed by atoms with Crippen LogP contribution in [-0.4, -0.2) is 25.2 Å². The average molecular weight is 431 g/mol. The summed E-state index contributed by atoms with van der Waals surface area (Å²) in [5.74, 6) is 0.